The van der Waals surface area contributed by atoms with Gasteiger partial charge in [-0.05, 0) is 49.4 Å². The highest BCUT2D eigenvalue weighted by Crippen LogP contribution is 2.45. The lowest BCUT2D eigenvalue weighted by Gasteiger charge is -2.21. The van der Waals surface area contributed by atoms with Crippen LogP contribution in [0.25, 0.3) is 0 Å². The van der Waals surface area contributed by atoms with Crippen LogP contribution in [0.1, 0.15) is 293 Å². The van der Waals surface area contributed by atoms with Crippen molar-refractivity contribution in [2.24, 2.45) is 23.7 Å². The zero-order valence-corrected chi connectivity index (χ0v) is 54.2. The molecule has 6 atom stereocenters. The SMILES string of the molecule is CCC(C)CCCCCCCCC(=O)OC[C@H](COP(=O)(O)OC[C@H](O)COP(=O)(O)OC[C@@H](COC(=O)CCCCCCCCC(C)C)OC(=O)CCCCCCCCCCCC(C)C)OC(=O)CCCCCCCCCC(C)C. The molecular weight excluding hydrogens is 1080 g/mol. The van der Waals surface area contributed by atoms with E-state index in [9.17, 15) is 43.2 Å². The van der Waals surface area contributed by atoms with Crippen LogP contribution in [-0.2, 0) is 65.4 Å². The first kappa shape index (κ1) is 79.1. The Morgan fingerprint density at radius 1 is 0.346 bits per heavy atom. The number of esters is 4. The molecule has 3 N–H and O–H groups in total. The van der Waals surface area contributed by atoms with Crippen LogP contribution in [0.3, 0.4) is 0 Å². The molecule has 0 bridgehead atoms. The summed E-state index contributed by atoms with van der Waals surface area (Å²) >= 11 is 0. The Morgan fingerprint density at radius 3 is 0.877 bits per heavy atom. The van der Waals surface area contributed by atoms with Crippen LogP contribution in [0, 0.1) is 23.7 Å². The number of aliphatic hydroxyl groups excluding tert-OH is 1. The van der Waals surface area contributed by atoms with Crippen molar-refractivity contribution in [3.05, 3.63) is 0 Å². The molecule has 0 amide bonds. The van der Waals surface area contributed by atoms with Crippen LogP contribution in [0.5, 0.6) is 0 Å². The normalized spacial score (nSPS) is 14.8. The van der Waals surface area contributed by atoms with Crippen molar-refractivity contribution in [3.63, 3.8) is 0 Å². The second-order valence-corrected chi connectivity index (χ2v) is 27.0. The standard InChI is InChI=1S/C62H120O17P2/c1-9-55(8)41-33-25-19-21-27-35-43-60(65)73-49-58(79-62(67)45-37-29-17-13-15-23-31-39-53(4)5)51-77-81(70,71)75-47-56(63)46-74-80(68,69)76-50-57(48-72-59(64)42-34-26-20-18-24-32-40-54(6)7)78-61(66)44-36-28-16-12-10-11-14-22-30-38-52(2)3/h52-58,63H,9-51H2,1-8H3,(H,68,69)(H,70,71)/t55?,56-,57-,58-/m1/s1. The zero-order valence-electron chi connectivity index (χ0n) is 52.4. The molecule has 0 aliphatic rings. The highest BCUT2D eigenvalue weighted by atomic mass is 31.2. The summed E-state index contributed by atoms with van der Waals surface area (Å²) in [5.74, 6) is 0.696. The number of aliphatic hydroxyl groups is 1. The lowest BCUT2D eigenvalue weighted by atomic mass is 10.00. The summed E-state index contributed by atoms with van der Waals surface area (Å²) in [6, 6.07) is 0. The Morgan fingerprint density at radius 2 is 0.593 bits per heavy atom. The van der Waals surface area contributed by atoms with Crippen molar-refractivity contribution in [2.75, 3.05) is 39.6 Å². The molecule has 19 heteroatoms. The maximum absolute atomic E-state index is 12.9. The molecule has 0 fully saturated rings. The molecule has 0 aromatic heterocycles. The minimum atomic E-state index is -4.94. The molecular formula is C62H120O17P2. The molecule has 0 heterocycles. The molecule has 17 nitrogen and oxygen atoms in total. The van der Waals surface area contributed by atoms with E-state index in [1.807, 2.05) is 0 Å². The number of hydrogen-bond donors (Lipinski definition) is 3. The van der Waals surface area contributed by atoms with Gasteiger partial charge in [-0.1, -0.05) is 242 Å². The van der Waals surface area contributed by atoms with Gasteiger partial charge in [0, 0.05) is 25.7 Å². The number of hydrogen-bond acceptors (Lipinski definition) is 15. The van der Waals surface area contributed by atoms with Crippen LogP contribution >= 0.6 is 15.6 Å². The minimum absolute atomic E-state index is 0.102. The van der Waals surface area contributed by atoms with E-state index >= 15 is 0 Å². The van der Waals surface area contributed by atoms with E-state index < -0.39 is 97.5 Å². The van der Waals surface area contributed by atoms with Crippen molar-refractivity contribution < 1.29 is 80.2 Å². The monoisotopic (exact) mass is 1200 g/mol. The molecule has 480 valence electrons. The number of ether oxygens (including phenoxy) is 4. The van der Waals surface area contributed by atoms with Crippen molar-refractivity contribution in [2.45, 2.75) is 311 Å². The predicted molar refractivity (Wildman–Crippen MR) is 321 cm³/mol. The van der Waals surface area contributed by atoms with Crippen LogP contribution in [0.2, 0.25) is 0 Å². The van der Waals surface area contributed by atoms with Gasteiger partial charge in [-0.25, -0.2) is 9.13 Å². The number of carbonyl (C=O) groups excluding carboxylic acids is 4. The van der Waals surface area contributed by atoms with Gasteiger partial charge in [0.1, 0.15) is 19.3 Å². The Hall–Kier alpha value is -1.94. The largest absolute Gasteiger partial charge is 0.472 e. The fraction of sp³-hybridized carbons (Fsp3) is 0.935. The molecule has 0 saturated carbocycles. The van der Waals surface area contributed by atoms with Crippen molar-refractivity contribution in [3.8, 4) is 0 Å². The molecule has 0 radical (unpaired) electrons. The highest BCUT2D eigenvalue weighted by Gasteiger charge is 2.30. The summed E-state index contributed by atoms with van der Waals surface area (Å²) < 4.78 is 67.9. The molecule has 0 aliphatic carbocycles. The van der Waals surface area contributed by atoms with Crippen molar-refractivity contribution in [1.82, 2.24) is 0 Å². The van der Waals surface area contributed by atoms with E-state index in [0.29, 0.717) is 37.5 Å². The third-order valence-electron chi connectivity index (χ3n) is 14.4. The first-order valence-electron chi connectivity index (χ1n) is 32.2. The van der Waals surface area contributed by atoms with Gasteiger partial charge in [-0.3, -0.25) is 37.3 Å². The lowest BCUT2D eigenvalue weighted by molar-refractivity contribution is -0.161. The first-order valence-corrected chi connectivity index (χ1v) is 35.2. The summed E-state index contributed by atoms with van der Waals surface area (Å²) in [6.45, 7) is 13.9. The Bertz CT molecular complexity index is 1630. The van der Waals surface area contributed by atoms with E-state index in [1.54, 1.807) is 0 Å². The quantitative estimate of drug-likeness (QED) is 0.0222. The molecule has 0 aliphatic heterocycles. The second kappa shape index (κ2) is 52.4. The van der Waals surface area contributed by atoms with Gasteiger partial charge in [0.05, 0.1) is 26.4 Å². The second-order valence-electron chi connectivity index (χ2n) is 24.1. The Labute approximate surface area is 492 Å². The van der Waals surface area contributed by atoms with Gasteiger partial charge in [-0.2, -0.15) is 0 Å². The molecule has 3 unspecified atom stereocenters. The van der Waals surface area contributed by atoms with Crippen LogP contribution < -0.4 is 0 Å². The maximum Gasteiger partial charge on any atom is 0.472 e. The van der Waals surface area contributed by atoms with Crippen LogP contribution in [0.4, 0.5) is 0 Å². The van der Waals surface area contributed by atoms with E-state index in [2.05, 4.69) is 55.4 Å². The summed E-state index contributed by atoms with van der Waals surface area (Å²) in [5, 5.41) is 10.5. The smallest absolute Gasteiger partial charge is 0.462 e. The van der Waals surface area contributed by atoms with E-state index in [1.165, 1.54) is 83.5 Å². The van der Waals surface area contributed by atoms with E-state index in [4.69, 9.17) is 37.0 Å². The minimum Gasteiger partial charge on any atom is -0.462 e. The molecule has 0 aromatic carbocycles. The Kier molecular flexibility index (Phi) is 51.1. The highest BCUT2D eigenvalue weighted by molar-refractivity contribution is 7.47. The number of unbranched alkanes of at least 4 members (excludes halogenated alkanes) is 24. The molecule has 0 saturated heterocycles. The van der Waals surface area contributed by atoms with Crippen molar-refractivity contribution in [1.29, 1.82) is 0 Å². The maximum atomic E-state index is 12.9. The van der Waals surface area contributed by atoms with E-state index in [0.717, 1.165) is 115 Å². The van der Waals surface area contributed by atoms with E-state index in [-0.39, 0.29) is 25.7 Å². The fourth-order valence-electron chi connectivity index (χ4n) is 9.04. The fourth-order valence-corrected chi connectivity index (χ4v) is 10.6. The predicted octanol–water partition coefficient (Wildman–Crippen LogP) is 16.6. The van der Waals surface area contributed by atoms with Gasteiger partial charge in [0.15, 0.2) is 12.2 Å². The third-order valence-corrected chi connectivity index (χ3v) is 16.3. The summed E-state index contributed by atoms with van der Waals surface area (Å²) in [4.78, 5) is 72.1. The molecule has 0 aromatic rings. The van der Waals surface area contributed by atoms with Gasteiger partial charge in [0.2, 0.25) is 0 Å². The van der Waals surface area contributed by atoms with Gasteiger partial charge < -0.3 is 33.8 Å². The molecule has 0 spiro atoms. The average Bonchev–Trinajstić information content (AvgIpc) is 3.41. The summed E-state index contributed by atoms with van der Waals surface area (Å²) in [6.07, 6.45) is 31.0. The Balaban J connectivity index is 5.25. The first-order chi connectivity index (χ1) is 38.6. The number of carbonyl (C=O) groups is 4. The average molecular weight is 1200 g/mol. The molecule has 81 heavy (non-hydrogen) atoms. The lowest BCUT2D eigenvalue weighted by Crippen LogP contribution is -2.30. The summed E-state index contributed by atoms with van der Waals surface area (Å²) in [5.41, 5.74) is 0. The number of phosphoric ester groups is 2. The topological polar surface area (TPSA) is 237 Å². The van der Waals surface area contributed by atoms with Gasteiger partial charge in [-0.15, -0.1) is 0 Å². The van der Waals surface area contributed by atoms with Crippen LogP contribution in [0.15, 0.2) is 0 Å². The van der Waals surface area contributed by atoms with Crippen LogP contribution in [-0.4, -0.2) is 96.7 Å². The third kappa shape index (κ3) is 55.7. The van der Waals surface area contributed by atoms with Gasteiger partial charge in [0.25, 0.3) is 0 Å². The van der Waals surface area contributed by atoms with Gasteiger partial charge >= 0.3 is 39.5 Å². The molecule has 0 rings (SSSR count). The zero-order chi connectivity index (χ0) is 60.4. The number of phosphoric acid groups is 2. The number of rotatable bonds is 59. The van der Waals surface area contributed by atoms with Crippen molar-refractivity contribution >= 4 is 39.5 Å². The summed E-state index contributed by atoms with van der Waals surface area (Å²) in [7, 11) is -9.88.